The van der Waals surface area contributed by atoms with Crippen LogP contribution in [0.2, 0.25) is 0 Å². The Kier molecular flexibility index (Phi) is 5.29. The number of benzene rings is 2. The molecule has 8 heteroatoms. The quantitative estimate of drug-likeness (QED) is 0.673. The summed E-state index contributed by atoms with van der Waals surface area (Å²) in [6, 6.07) is 11.2. The van der Waals surface area contributed by atoms with Crippen LogP contribution < -0.4 is 10.0 Å². The van der Waals surface area contributed by atoms with Crippen molar-refractivity contribution in [2.45, 2.75) is 25.7 Å². The summed E-state index contributed by atoms with van der Waals surface area (Å²) in [5.41, 5.74) is 2.76. The fourth-order valence-electron chi connectivity index (χ4n) is 2.43. The molecule has 1 aromatic heterocycles. The highest BCUT2D eigenvalue weighted by atomic mass is 32.2. The number of thiazole rings is 1. The normalized spacial score (nSPS) is 11.2. The molecule has 0 fully saturated rings. The molecule has 3 aromatic rings. The highest BCUT2D eigenvalue weighted by molar-refractivity contribution is 7.92. The predicted molar refractivity (Wildman–Crippen MR) is 108 cm³/mol. The zero-order valence-corrected chi connectivity index (χ0v) is 16.7. The number of nitrogens with one attached hydrogen (secondary N) is 2. The van der Waals surface area contributed by atoms with Crippen molar-refractivity contribution in [3.8, 4) is 0 Å². The minimum absolute atomic E-state index is 0.0880. The molecule has 0 bridgehead atoms. The van der Waals surface area contributed by atoms with E-state index >= 15 is 0 Å². The molecule has 0 atom stereocenters. The van der Waals surface area contributed by atoms with Crippen LogP contribution >= 0.6 is 11.3 Å². The Morgan fingerprint density at radius 3 is 2.37 bits per heavy atom. The van der Waals surface area contributed by atoms with Gasteiger partial charge in [-0.25, -0.2) is 13.4 Å². The molecule has 0 saturated carbocycles. The van der Waals surface area contributed by atoms with Crippen LogP contribution in [0.4, 0.5) is 10.8 Å². The lowest BCUT2D eigenvalue weighted by Crippen LogP contribution is -2.15. The molecule has 2 aromatic carbocycles. The number of rotatable bonds is 5. The van der Waals surface area contributed by atoms with Gasteiger partial charge in [0.05, 0.1) is 10.6 Å². The first-order valence-corrected chi connectivity index (χ1v) is 10.5. The molecule has 0 saturated heterocycles. The van der Waals surface area contributed by atoms with Crippen molar-refractivity contribution in [3.63, 3.8) is 0 Å². The fraction of sp³-hybridized carbons (Fsp3) is 0.158. The van der Waals surface area contributed by atoms with Gasteiger partial charge in [-0.05, 0) is 62.2 Å². The van der Waals surface area contributed by atoms with Crippen LogP contribution in [-0.2, 0) is 10.0 Å². The van der Waals surface area contributed by atoms with E-state index in [1.54, 1.807) is 18.3 Å². The summed E-state index contributed by atoms with van der Waals surface area (Å²) in [5.74, 6) is -0.337. The number of anilines is 2. The summed E-state index contributed by atoms with van der Waals surface area (Å²) in [6.45, 7) is 5.68. The average molecular weight is 402 g/mol. The van der Waals surface area contributed by atoms with Crippen LogP contribution in [-0.4, -0.2) is 19.3 Å². The first-order valence-electron chi connectivity index (χ1n) is 8.19. The first-order chi connectivity index (χ1) is 12.8. The number of hydrogen-bond donors (Lipinski definition) is 2. The molecule has 0 aliphatic heterocycles. The van der Waals surface area contributed by atoms with Gasteiger partial charge in [0.15, 0.2) is 5.13 Å². The second-order valence-corrected chi connectivity index (χ2v) is 9.02. The molecule has 27 heavy (non-hydrogen) atoms. The van der Waals surface area contributed by atoms with E-state index in [2.05, 4.69) is 15.0 Å². The smallest absolute Gasteiger partial charge is 0.261 e. The van der Waals surface area contributed by atoms with Gasteiger partial charge in [-0.1, -0.05) is 12.1 Å². The van der Waals surface area contributed by atoms with Crippen LogP contribution in [0.1, 0.15) is 26.4 Å². The standard InChI is InChI=1S/C19H19N3O3S2/c1-12-5-4-6-17(14(12)3)22-27(24,25)16-9-7-15(8-10-16)18(23)21-19-20-11-13(2)26-19/h4-11,22H,1-3H3,(H,20,21,23). The van der Waals surface area contributed by atoms with E-state index in [4.69, 9.17) is 0 Å². The zero-order chi connectivity index (χ0) is 19.6. The Bertz CT molecular complexity index is 1090. The second-order valence-electron chi connectivity index (χ2n) is 6.11. The van der Waals surface area contributed by atoms with Gasteiger partial charge in [0.1, 0.15) is 0 Å². The SMILES string of the molecule is Cc1cnc(NC(=O)c2ccc(S(=O)(=O)Nc3cccc(C)c3C)cc2)s1. The number of aryl methyl sites for hydroxylation is 2. The minimum Gasteiger partial charge on any atom is -0.298 e. The molecule has 0 aliphatic rings. The van der Waals surface area contributed by atoms with Gasteiger partial charge in [-0.3, -0.25) is 14.8 Å². The Balaban J connectivity index is 1.77. The Labute approximate surface area is 162 Å². The first kappa shape index (κ1) is 19.1. The molecule has 3 rings (SSSR count). The van der Waals surface area contributed by atoms with Crippen molar-refractivity contribution in [1.82, 2.24) is 4.98 Å². The third kappa shape index (κ3) is 4.35. The molecule has 140 valence electrons. The Hall–Kier alpha value is -2.71. The lowest BCUT2D eigenvalue weighted by molar-refractivity contribution is 0.102. The lowest BCUT2D eigenvalue weighted by atomic mass is 10.1. The molecule has 0 radical (unpaired) electrons. The third-order valence-corrected chi connectivity index (χ3v) is 6.33. The van der Waals surface area contributed by atoms with Gasteiger partial charge < -0.3 is 0 Å². The van der Waals surface area contributed by atoms with Crippen LogP contribution in [0.25, 0.3) is 0 Å². The van der Waals surface area contributed by atoms with Crippen LogP contribution in [0.5, 0.6) is 0 Å². The molecule has 0 unspecified atom stereocenters. The topological polar surface area (TPSA) is 88.2 Å². The molecular formula is C19H19N3O3S2. The number of sulfonamides is 1. The third-order valence-electron chi connectivity index (χ3n) is 4.12. The van der Waals surface area contributed by atoms with Crippen molar-refractivity contribution in [2.75, 3.05) is 10.0 Å². The van der Waals surface area contributed by atoms with E-state index in [0.29, 0.717) is 16.4 Å². The Morgan fingerprint density at radius 2 is 1.74 bits per heavy atom. The summed E-state index contributed by atoms with van der Waals surface area (Å²) < 4.78 is 27.8. The second kappa shape index (κ2) is 7.50. The maximum absolute atomic E-state index is 12.6. The Morgan fingerprint density at radius 1 is 1.04 bits per heavy atom. The van der Waals surface area contributed by atoms with E-state index < -0.39 is 10.0 Å². The summed E-state index contributed by atoms with van der Waals surface area (Å²) >= 11 is 1.37. The van der Waals surface area contributed by atoms with E-state index in [1.165, 1.54) is 35.6 Å². The highest BCUT2D eigenvalue weighted by Crippen LogP contribution is 2.23. The highest BCUT2D eigenvalue weighted by Gasteiger charge is 2.17. The van der Waals surface area contributed by atoms with Crippen molar-refractivity contribution < 1.29 is 13.2 Å². The summed E-state index contributed by atoms with van der Waals surface area (Å²) in [4.78, 5) is 17.4. The van der Waals surface area contributed by atoms with E-state index in [0.717, 1.165) is 16.0 Å². The summed E-state index contributed by atoms with van der Waals surface area (Å²) in [5, 5.41) is 3.20. The van der Waals surface area contributed by atoms with Crippen LogP contribution in [0.3, 0.4) is 0 Å². The summed E-state index contributed by atoms with van der Waals surface area (Å²) in [7, 11) is -3.74. The number of amides is 1. The number of hydrogen-bond acceptors (Lipinski definition) is 5. The number of carbonyl (C=O) groups excluding carboxylic acids is 1. The van der Waals surface area contributed by atoms with Crippen molar-refractivity contribution in [1.29, 1.82) is 0 Å². The van der Waals surface area contributed by atoms with Gasteiger partial charge >= 0.3 is 0 Å². The predicted octanol–water partition coefficient (Wildman–Crippen LogP) is 4.12. The molecule has 0 aliphatic carbocycles. The van der Waals surface area contributed by atoms with E-state index in [9.17, 15) is 13.2 Å². The minimum atomic E-state index is -3.74. The monoisotopic (exact) mass is 401 g/mol. The maximum Gasteiger partial charge on any atom is 0.261 e. The number of aromatic nitrogens is 1. The average Bonchev–Trinajstić information content (AvgIpc) is 3.04. The number of carbonyl (C=O) groups is 1. The van der Waals surface area contributed by atoms with Crippen molar-refractivity contribution in [3.05, 3.63) is 70.2 Å². The van der Waals surface area contributed by atoms with Crippen LogP contribution in [0, 0.1) is 20.8 Å². The van der Waals surface area contributed by atoms with Gasteiger partial charge in [-0.2, -0.15) is 0 Å². The van der Waals surface area contributed by atoms with Gasteiger partial charge in [0.25, 0.3) is 15.9 Å². The van der Waals surface area contributed by atoms with Crippen molar-refractivity contribution >= 4 is 38.1 Å². The van der Waals surface area contributed by atoms with Gasteiger partial charge in [0.2, 0.25) is 0 Å². The van der Waals surface area contributed by atoms with E-state index in [-0.39, 0.29) is 10.8 Å². The summed E-state index contributed by atoms with van der Waals surface area (Å²) in [6.07, 6.45) is 1.68. The molecular weight excluding hydrogens is 382 g/mol. The number of nitrogens with zero attached hydrogens (tertiary/aromatic N) is 1. The molecule has 1 amide bonds. The molecule has 0 spiro atoms. The zero-order valence-electron chi connectivity index (χ0n) is 15.1. The lowest BCUT2D eigenvalue weighted by Gasteiger charge is -2.12. The van der Waals surface area contributed by atoms with Crippen LogP contribution in [0.15, 0.2) is 53.6 Å². The van der Waals surface area contributed by atoms with Gasteiger partial charge in [0, 0.05) is 16.6 Å². The maximum atomic E-state index is 12.6. The molecule has 1 heterocycles. The largest absolute Gasteiger partial charge is 0.298 e. The van der Waals surface area contributed by atoms with E-state index in [1.807, 2.05) is 26.8 Å². The molecule has 6 nitrogen and oxygen atoms in total. The fourth-order valence-corrected chi connectivity index (χ4v) is 4.22. The molecule has 2 N–H and O–H groups in total. The van der Waals surface area contributed by atoms with Crippen molar-refractivity contribution in [2.24, 2.45) is 0 Å². The van der Waals surface area contributed by atoms with Gasteiger partial charge in [-0.15, -0.1) is 11.3 Å².